The van der Waals surface area contributed by atoms with Crippen molar-refractivity contribution < 1.29 is 4.52 Å². The molecular formula is C19H16ClN5OS. The Morgan fingerprint density at radius 3 is 2.63 bits per heavy atom. The highest BCUT2D eigenvalue weighted by molar-refractivity contribution is 7.98. The second-order valence-corrected chi connectivity index (χ2v) is 7.37. The van der Waals surface area contributed by atoms with Crippen LogP contribution in [0.25, 0.3) is 22.8 Å². The highest BCUT2D eigenvalue weighted by atomic mass is 35.5. The van der Waals surface area contributed by atoms with Gasteiger partial charge in [0.05, 0.1) is 16.3 Å². The van der Waals surface area contributed by atoms with E-state index in [1.807, 2.05) is 41.9 Å². The van der Waals surface area contributed by atoms with Gasteiger partial charge in [0.1, 0.15) is 0 Å². The number of nitrogens with zero attached hydrogens (tertiary/aromatic N) is 5. The fraction of sp³-hybridized carbons (Fsp3) is 0.158. The van der Waals surface area contributed by atoms with Crippen molar-refractivity contribution in [1.29, 1.82) is 0 Å². The second-order valence-electron chi connectivity index (χ2n) is 6.02. The lowest BCUT2D eigenvalue weighted by Gasteiger charge is -2.03. The lowest BCUT2D eigenvalue weighted by atomic mass is 10.1. The Morgan fingerprint density at radius 1 is 1.07 bits per heavy atom. The Labute approximate surface area is 165 Å². The number of aromatic nitrogens is 5. The normalized spacial score (nSPS) is 11.1. The molecule has 6 nitrogen and oxygen atoms in total. The summed E-state index contributed by atoms with van der Waals surface area (Å²) in [5.41, 5.74) is 2.97. The number of hydrogen-bond donors (Lipinski definition) is 0. The Balaban J connectivity index is 1.48. The maximum Gasteiger partial charge on any atom is 0.259 e. The number of thioether (sulfide) groups is 1. The van der Waals surface area contributed by atoms with E-state index in [9.17, 15) is 0 Å². The SMILES string of the molecule is Cc1ccc(-c2nnc(SCc3noc(-c4ccccc4Cl)n3)n2C)cc1. The maximum absolute atomic E-state index is 6.18. The van der Waals surface area contributed by atoms with E-state index < -0.39 is 0 Å². The molecule has 2 heterocycles. The zero-order valence-electron chi connectivity index (χ0n) is 14.8. The molecule has 0 amide bonds. The summed E-state index contributed by atoms with van der Waals surface area (Å²) in [4.78, 5) is 4.42. The maximum atomic E-state index is 6.18. The predicted molar refractivity (Wildman–Crippen MR) is 105 cm³/mol. The minimum absolute atomic E-state index is 0.412. The molecule has 0 radical (unpaired) electrons. The van der Waals surface area contributed by atoms with Gasteiger partial charge in [-0.3, -0.25) is 0 Å². The van der Waals surface area contributed by atoms with Gasteiger partial charge in [0, 0.05) is 12.6 Å². The van der Waals surface area contributed by atoms with Crippen LogP contribution in [0.1, 0.15) is 11.4 Å². The van der Waals surface area contributed by atoms with Gasteiger partial charge >= 0.3 is 0 Å². The standard InChI is InChI=1S/C19H16ClN5OS/c1-12-7-9-13(10-8-12)17-22-23-19(25(17)2)27-11-16-21-18(26-24-16)14-5-3-4-6-15(14)20/h3-10H,11H2,1-2H3. The van der Waals surface area contributed by atoms with Crippen LogP contribution in [0.4, 0.5) is 0 Å². The summed E-state index contributed by atoms with van der Waals surface area (Å²) >= 11 is 7.68. The third kappa shape index (κ3) is 3.74. The number of aryl methyl sites for hydroxylation is 1. The van der Waals surface area contributed by atoms with Crippen molar-refractivity contribution in [1.82, 2.24) is 24.9 Å². The Kier molecular flexibility index (Phi) is 4.96. The lowest BCUT2D eigenvalue weighted by molar-refractivity contribution is 0.425. The van der Waals surface area contributed by atoms with E-state index in [0.29, 0.717) is 22.5 Å². The van der Waals surface area contributed by atoms with E-state index in [0.717, 1.165) is 22.1 Å². The molecule has 0 aliphatic carbocycles. The molecule has 27 heavy (non-hydrogen) atoms. The lowest BCUT2D eigenvalue weighted by Crippen LogP contribution is -1.95. The molecule has 0 fully saturated rings. The molecule has 8 heteroatoms. The third-order valence-corrected chi connectivity index (χ3v) is 5.39. The zero-order chi connectivity index (χ0) is 18.8. The van der Waals surface area contributed by atoms with Crippen molar-refractivity contribution >= 4 is 23.4 Å². The van der Waals surface area contributed by atoms with Gasteiger partial charge < -0.3 is 9.09 Å². The minimum atomic E-state index is 0.412. The largest absolute Gasteiger partial charge is 0.334 e. The smallest absolute Gasteiger partial charge is 0.259 e. The van der Waals surface area contributed by atoms with Crippen molar-refractivity contribution in [2.24, 2.45) is 7.05 Å². The van der Waals surface area contributed by atoms with Crippen molar-refractivity contribution in [3.63, 3.8) is 0 Å². The molecule has 0 unspecified atom stereocenters. The molecule has 0 N–H and O–H groups in total. The van der Waals surface area contributed by atoms with Crippen molar-refractivity contribution in [3.05, 3.63) is 64.9 Å². The van der Waals surface area contributed by atoms with E-state index in [1.54, 1.807) is 6.07 Å². The summed E-state index contributed by atoms with van der Waals surface area (Å²) in [6.07, 6.45) is 0. The van der Waals surface area contributed by atoms with Crippen LogP contribution in [0.2, 0.25) is 5.02 Å². The molecule has 0 saturated carbocycles. The van der Waals surface area contributed by atoms with Crippen molar-refractivity contribution in [3.8, 4) is 22.8 Å². The van der Waals surface area contributed by atoms with Crippen LogP contribution in [0, 0.1) is 6.92 Å². The first-order valence-corrected chi connectivity index (χ1v) is 9.65. The highest BCUT2D eigenvalue weighted by Gasteiger charge is 2.15. The number of hydrogen-bond acceptors (Lipinski definition) is 6. The van der Waals surface area contributed by atoms with Crippen LogP contribution in [0.5, 0.6) is 0 Å². The second kappa shape index (κ2) is 7.54. The zero-order valence-corrected chi connectivity index (χ0v) is 16.3. The monoisotopic (exact) mass is 397 g/mol. The fourth-order valence-electron chi connectivity index (χ4n) is 2.58. The molecule has 4 rings (SSSR count). The Hall–Kier alpha value is -2.64. The molecule has 0 bridgehead atoms. The van der Waals surface area contributed by atoms with Crippen LogP contribution in [0.15, 0.2) is 58.2 Å². The van der Waals surface area contributed by atoms with Crippen LogP contribution >= 0.6 is 23.4 Å². The summed E-state index contributed by atoms with van der Waals surface area (Å²) in [7, 11) is 1.95. The van der Waals surface area contributed by atoms with E-state index in [-0.39, 0.29) is 0 Å². The van der Waals surface area contributed by atoms with Gasteiger partial charge in [-0.05, 0) is 19.1 Å². The van der Waals surface area contributed by atoms with Gasteiger partial charge in [-0.25, -0.2) is 0 Å². The minimum Gasteiger partial charge on any atom is -0.334 e. The van der Waals surface area contributed by atoms with Gasteiger partial charge in [0.2, 0.25) is 0 Å². The van der Waals surface area contributed by atoms with Crippen LogP contribution < -0.4 is 0 Å². The first-order chi connectivity index (χ1) is 13.1. The Morgan fingerprint density at radius 2 is 1.85 bits per heavy atom. The molecule has 0 aliphatic heterocycles. The summed E-state index contributed by atoms with van der Waals surface area (Å²) < 4.78 is 7.30. The molecule has 2 aromatic heterocycles. The molecule has 0 atom stereocenters. The summed E-state index contributed by atoms with van der Waals surface area (Å²) in [5, 5.41) is 14.0. The van der Waals surface area contributed by atoms with E-state index in [1.165, 1.54) is 17.3 Å². The Bertz CT molecular complexity index is 1070. The fourth-order valence-corrected chi connectivity index (χ4v) is 3.55. The van der Waals surface area contributed by atoms with Gasteiger partial charge in [-0.2, -0.15) is 4.98 Å². The van der Waals surface area contributed by atoms with Gasteiger partial charge in [0.25, 0.3) is 5.89 Å². The number of rotatable bonds is 5. The summed E-state index contributed by atoms with van der Waals surface area (Å²) in [6, 6.07) is 15.6. The predicted octanol–water partition coefficient (Wildman–Crippen LogP) is 4.79. The third-order valence-electron chi connectivity index (χ3n) is 4.05. The average Bonchev–Trinajstić information content (AvgIpc) is 3.28. The highest BCUT2D eigenvalue weighted by Crippen LogP contribution is 2.28. The van der Waals surface area contributed by atoms with Gasteiger partial charge in [0.15, 0.2) is 16.8 Å². The summed E-state index contributed by atoms with van der Waals surface area (Å²) in [5.74, 6) is 2.33. The van der Waals surface area contributed by atoms with E-state index >= 15 is 0 Å². The number of benzene rings is 2. The average molecular weight is 398 g/mol. The first-order valence-electron chi connectivity index (χ1n) is 8.28. The topological polar surface area (TPSA) is 69.6 Å². The van der Waals surface area contributed by atoms with Crippen LogP contribution in [0.3, 0.4) is 0 Å². The van der Waals surface area contributed by atoms with E-state index in [4.69, 9.17) is 16.1 Å². The molecular weight excluding hydrogens is 382 g/mol. The molecule has 2 aromatic carbocycles. The molecule has 0 saturated heterocycles. The summed E-state index contributed by atoms with van der Waals surface area (Å²) in [6.45, 7) is 2.06. The molecule has 4 aromatic rings. The molecule has 0 spiro atoms. The number of halogens is 1. The quantitative estimate of drug-likeness (QED) is 0.451. The van der Waals surface area contributed by atoms with Crippen molar-refractivity contribution in [2.45, 2.75) is 17.8 Å². The van der Waals surface area contributed by atoms with Gasteiger partial charge in [-0.15, -0.1) is 10.2 Å². The van der Waals surface area contributed by atoms with Crippen LogP contribution in [-0.2, 0) is 12.8 Å². The first kappa shape index (κ1) is 17.8. The molecule has 0 aliphatic rings. The van der Waals surface area contributed by atoms with Crippen molar-refractivity contribution in [2.75, 3.05) is 0 Å². The molecule has 136 valence electrons. The van der Waals surface area contributed by atoms with Crippen LogP contribution in [-0.4, -0.2) is 24.9 Å². The van der Waals surface area contributed by atoms with Gasteiger partial charge in [-0.1, -0.05) is 70.5 Å². The van der Waals surface area contributed by atoms with E-state index in [2.05, 4.69) is 39.4 Å².